The fraction of sp³-hybridized carbons (Fsp3) is 0.333. The number of hydrogen-bond acceptors (Lipinski definition) is 2. The summed E-state index contributed by atoms with van der Waals surface area (Å²) in [6, 6.07) is 7.66. The van der Waals surface area contributed by atoms with Gasteiger partial charge in [0.15, 0.2) is 5.69 Å². The Morgan fingerprint density at radius 2 is 2.25 bits per heavy atom. The van der Waals surface area contributed by atoms with Crippen LogP contribution < -0.4 is 5.32 Å². The molecular weight excluding hydrogens is 202 g/mol. The average Bonchev–Trinajstić information content (AvgIpc) is 3.04. The van der Waals surface area contributed by atoms with E-state index in [1.165, 1.54) is 12.8 Å². The lowest BCUT2D eigenvalue weighted by Gasteiger charge is -2.00. The van der Waals surface area contributed by atoms with Crippen LogP contribution in [0.3, 0.4) is 0 Å². The molecule has 1 amide bonds. The summed E-state index contributed by atoms with van der Waals surface area (Å²) in [6.45, 7) is 0.778. The number of hydrogen-bond donors (Lipinski definition) is 2. The van der Waals surface area contributed by atoms with Crippen LogP contribution in [0.2, 0.25) is 0 Å². The van der Waals surface area contributed by atoms with Crippen molar-refractivity contribution < 1.29 is 4.79 Å². The predicted molar refractivity (Wildman–Crippen MR) is 61.2 cm³/mol. The molecule has 2 N–H and O–H groups in total. The predicted octanol–water partition coefficient (Wildman–Crippen LogP) is 1.70. The van der Waals surface area contributed by atoms with Gasteiger partial charge in [0.25, 0.3) is 5.91 Å². The van der Waals surface area contributed by atoms with Crippen molar-refractivity contribution in [3.63, 3.8) is 0 Å². The monoisotopic (exact) mass is 215 g/mol. The molecule has 1 heterocycles. The number of nitrogens with one attached hydrogen (secondary N) is 2. The molecule has 2 aromatic rings. The van der Waals surface area contributed by atoms with Gasteiger partial charge in [0.1, 0.15) is 0 Å². The highest BCUT2D eigenvalue weighted by Crippen LogP contribution is 2.27. The SMILES string of the molecule is O=C(NCC1CC1)c1n[nH]c2ccccc12. The minimum atomic E-state index is -0.0793. The van der Waals surface area contributed by atoms with Gasteiger partial charge in [0.05, 0.1) is 5.52 Å². The summed E-state index contributed by atoms with van der Waals surface area (Å²) in [4.78, 5) is 11.9. The molecule has 0 saturated heterocycles. The van der Waals surface area contributed by atoms with Gasteiger partial charge in [-0.05, 0) is 24.8 Å². The zero-order valence-electron chi connectivity index (χ0n) is 8.86. The van der Waals surface area contributed by atoms with Crippen LogP contribution in [0.1, 0.15) is 23.3 Å². The molecular formula is C12H13N3O. The minimum Gasteiger partial charge on any atom is -0.350 e. The molecule has 0 radical (unpaired) electrons. The molecule has 1 aliphatic carbocycles. The molecule has 4 heteroatoms. The summed E-state index contributed by atoms with van der Waals surface area (Å²) in [6.07, 6.45) is 2.48. The van der Waals surface area contributed by atoms with Crippen molar-refractivity contribution in [2.45, 2.75) is 12.8 Å². The van der Waals surface area contributed by atoms with Gasteiger partial charge in [-0.15, -0.1) is 0 Å². The van der Waals surface area contributed by atoms with Gasteiger partial charge in [-0.25, -0.2) is 0 Å². The second-order valence-electron chi connectivity index (χ2n) is 4.27. The highest BCUT2D eigenvalue weighted by molar-refractivity contribution is 6.04. The van der Waals surface area contributed by atoms with Crippen LogP contribution in [-0.4, -0.2) is 22.6 Å². The van der Waals surface area contributed by atoms with Crippen molar-refractivity contribution in [3.8, 4) is 0 Å². The number of amides is 1. The van der Waals surface area contributed by atoms with Crippen molar-refractivity contribution >= 4 is 16.8 Å². The zero-order chi connectivity index (χ0) is 11.0. The lowest BCUT2D eigenvalue weighted by Crippen LogP contribution is -2.26. The van der Waals surface area contributed by atoms with Crippen LogP contribution in [0, 0.1) is 5.92 Å². The van der Waals surface area contributed by atoms with Gasteiger partial charge in [-0.3, -0.25) is 9.89 Å². The number of rotatable bonds is 3. The molecule has 4 nitrogen and oxygen atoms in total. The molecule has 1 saturated carbocycles. The third-order valence-corrected chi connectivity index (χ3v) is 2.93. The molecule has 1 aromatic heterocycles. The van der Waals surface area contributed by atoms with Crippen LogP contribution in [0.15, 0.2) is 24.3 Å². The Morgan fingerprint density at radius 3 is 3.06 bits per heavy atom. The molecule has 3 rings (SSSR count). The Balaban J connectivity index is 1.83. The van der Waals surface area contributed by atoms with Gasteiger partial charge in [-0.1, -0.05) is 18.2 Å². The first kappa shape index (κ1) is 9.39. The molecule has 1 aliphatic rings. The van der Waals surface area contributed by atoms with Crippen molar-refractivity contribution in [3.05, 3.63) is 30.0 Å². The van der Waals surface area contributed by atoms with Crippen LogP contribution in [0.25, 0.3) is 10.9 Å². The average molecular weight is 215 g/mol. The second-order valence-corrected chi connectivity index (χ2v) is 4.27. The van der Waals surface area contributed by atoms with Crippen LogP contribution in [0.4, 0.5) is 0 Å². The van der Waals surface area contributed by atoms with Gasteiger partial charge >= 0.3 is 0 Å². The summed E-state index contributed by atoms with van der Waals surface area (Å²) in [7, 11) is 0. The molecule has 1 fully saturated rings. The maximum Gasteiger partial charge on any atom is 0.272 e. The Bertz CT molecular complexity index is 528. The second kappa shape index (κ2) is 3.63. The summed E-state index contributed by atoms with van der Waals surface area (Å²) < 4.78 is 0. The molecule has 0 unspecified atom stereocenters. The summed E-state index contributed by atoms with van der Waals surface area (Å²) in [5, 5.41) is 10.7. The third kappa shape index (κ3) is 1.66. The molecule has 16 heavy (non-hydrogen) atoms. The van der Waals surface area contributed by atoms with E-state index in [1.54, 1.807) is 0 Å². The number of aromatic nitrogens is 2. The van der Waals surface area contributed by atoms with E-state index < -0.39 is 0 Å². The Labute approximate surface area is 93.0 Å². The molecule has 82 valence electrons. The Hall–Kier alpha value is -1.84. The van der Waals surface area contributed by atoms with E-state index in [9.17, 15) is 4.79 Å². The standard InChI is InChI=1S/C12H13N3O/c16-12(13-7-8-5-6-8)11-9-3-1-2-4-10(9)14-15-11/h1-4,8H,5-7H2,(H,13,16)(H,14,15). The first-order valence-corrected chi connectivity index (χ1v) is 5.56. The quantitative estimate of drug-likeness (QED) is 0.818. The van der Waals surface area contributed by atoms with E-state index in [-0.39, 0.29) is 5.91 Å². The minimum absolute atomic E-state index is 0.0793. The van der Waals surface area contributed by atoms with Crippen molar-refractivity contribution in [1.82, 2.24) is 15.5 Å². The fourth-order valence-corrected chi connectivity index (χ4v) is 1.78. The number of benzene rings is 1. The van der Waals surface area contributed by atoms with Crippen molar-refractivity contribution in [2.75, 3.05) is 6.54 Å². The maximum absolute atomic E-state index is 11.9. The Kier molecular flexibility index (Phi) is 2.13. The van der Waals surface area contributed by atoms with Crippen molar-refractivity contribution in [1.29, 1.82) is 0 Å². The zero-order valence-corrected chi connectivity index (χ0v) is 8.86. The Morgan fingerprint density at radius 1 is 1.44 bits per heavy atom. The normalized spacial score (nSPS) is 15.2. The van der Waals surface area contributed by atoms with E-state index in [4.69, 9.17) is 0 Å². The first-order chi connectivity index (χ1) is 7.84. The lowest BCUT2D eigenvalue weighted by atomic mass is 10.2. The maximum atomic E-state index is 11.9. The number of fused-ring (bicyclic) bond motifs is 1. The number of aromatic amines is 1. The van der Waals surface area contributed by atoms with E-state index in [2.05, 4.69) is 15.5 Å². The molecule has 0 aliphatic heterocycles. The summed E-state index contributed by atoms with van der Waals surface area (Å²) in [5.74, 6) is 0.610. The topological polar surface area (TPSA) is 57.8 Å². The van der Waals surface area contributed by atoms with Gasteiger partial charge in [0.2, 0.25) is 0 Å². The van der Waals surface area contributed by atoms with Crippen LogP contribution in [0.5, 0.6) is 0 Å². The van der Waals surface area contributed by atoms with Gasteiger partial charge in [0, 0.05) is 11.9 Å². The highest BCUT2D eigenvalue weighted by atomic mass is 16.1. The molecule has 0 spiro atoms. The van der Waals surface area contributed by atoms with Gasteiger partial charge in [-0.2, -0.15) is 5.10 Å². The molecule has 0 atom stereocenters. The van der Waals surface area contributed by atoms with Gasteiger partial charge < -0.3 is 5.32 Å². The lowest BCUT2D eigenvalue weighted by molar-refractivity contribution is 0.0948. The van der Waals surface area contributed by atoms with E-state index in [0.717, 1.165) is 17.4 Å². The van der Waals surface area contributed by atoms with E-state index >= 15 is 0 Å². The smallest absolute Gasteiger partial charge is 0.272 e. The molecule has 1 aromatic carbocycles. The third-order valence-electron chi connectivity index (χ3n) is 2.93. The number of para-hydroxylation sites is 1. The number of carbonyl (C=O) groups is 1. The largest absolute Gasteiger partial charge is 0.350 e. The van der Waals surface area contributed by atoms with E-state index in [1.807, 2.05) is 24.3 Å². The number of carbonyl (C=O) groups excluding carboxylic acids is 1. The van der Waals surface area contributed by atoms with Crippen LogP contribution in [-0.2, 0) is 0 Å². The van der Waals surface area contributed by atoms with Crippen molar-refractivity contribution in [2.24, 2.45) is 5.92 Å². The number of nitrogens with zero attached hydrogens (tertiary/aromatic N) is 1. The van der Waals surface area contributed by atoms with E-state index in [0.29, 0.717) is 11.6 Å². The summed E-state index contributed by atoms with van der Waals surface area (Å²) >= 11 is 0. The fourth-order valence-electron chi connectivity index (χ4n) is 1.78. The number of H-pyrrole nitrogens is 1. The first-order valence-electron chi connectivity index (χ1n) is 5.56. The molecule has 0 bridgehead atoms. The highest BCUT2D eigenvalue weighted by Gasteiger charge is 2.22. The van der Waals surface area contributed by atoms with Crippen LogP contribution >= 0.6 is 0 Å². The summed E-state index contributed by atoms with van der Waals surface area (Å²) in [5.41, 5.74) is 1.40.